The van der Waals surface area contributed by atoms with Gasteiger partial charge in [-0.15, -0.1) is 0 Å². The second-order valence-electron chi connectivity index (χ2n) is 24.0. The predicted molar refractivity (Wildman–Crippen MR) is 279 cm³/mol. The van der Waals surface area contributed by atoms with Gasteiger partial charge in [0, 0.05) is 0 Å². The third kappa shape index (κ3) is 16.3. The number of hydrogen-bond donors (Lipinski definition) is 26. The Balaban J connectivity index is 0.985. The Morgan fingerprint density at radius 1 is 0.223 bits per heavy atom. The molecule has 43 nitrogen and oxygen atoms in total. The van der Waals surface area contributed by atoms with Crippen LogP contribution in [0.25, 0.3) is 0 Å². The standard InChI is InChI=1S/C51H86O43/c52-1-13-22(61)25(64)34(73)46(85-13)93-42-27(66)23(62)14(2-53)86-51(42)94-41-21(60)12(57)6-80-50(41)83-9-18-40(29(68)36(75)48(89-18)90-38-15(3-54)84-43(77)31(70)28(38)67)92-49-37(76)30(69)39(17(88-49)8-82-45-33(72)20(59)11(56)5-79-45)91-47-35(74)26(65)24(63)16(87-47)7-81-44-32(71)19(58)10(55)4-78-44/h10-77H,1-9H2/t10-,11-,12-,13+,14-,15-,16-,17-,18-,19+,20+,21+,22-,23+,24-,25-,26+,27+,28-,29-,30-,31-,32-,33-,34+,35-,36-,37-,38-,39-,40-,41-,42-,43?,44-,45-,46+,47+,48+,49+,50-,51+/m1/s1. The molecule has 1 unspecified atom stereocenters. The van der Waals surface area contributed by atoms with Crippen molar-refractivity contribution in [2.45, 2.75) is 258 Å². The average molecular weight is 1390 g/mol. The van der Waals surface area contributed by atoms with Crippen molar-refractivity contribution in [2.75, 3.05) is 59.5 Å². The Hall–Kier alpha value is -1.72. The van der Waals surface area contributed by atoms with Crippen molar-refractivity contribution in [3.63, 3.8) is 0 Å². The number of rotatable bonds is 22. The third-order valence-electron chi connectivity index (χ3n) is 17.5. The summed E-state index contributed by atoms with van der Waals surface area (Å²) in [5, 5.41) is 280. The summed E-state index contributed by atoms with van der Waals surface area (Å²) < 4.78 is 97.0. The van der Waals surface area contributed by atoms with Crippen molar-refractivity contribution in [3.8, 4) is 0 Å². The van der Waals surface area contributed by atoms with E-state index in [1.807, 2.05) is 0 Å². The van der Waals surface area contributed by atoms with E-state index in [0.717, 1.165) is 0 Å². The van der Waals surface area contributed by atoms with Gasteiger partial charge in [-0.25, -0.2) is 0 Å². The van der Waals surface area contributed by atoms with E-state index >= 15 is 0 Å². The van der Waals surface area contributed by atoms with E-state index in [4.69, 9.17) is 80.5 Å². The summed E-state index contributed by atoms with van der Waals surface area (Å²) in [5.41, 5.74) is 0. The fourth-order valence-electron chi connectivity index (χ4n) is 11.8. The van der Waals surface area contributed by atoms with Crippen LogP contribution in [0.1, 0.15) is 0 Å². The fourth-order valence-corrected chi connectivity index (χ4v) is 11.8. The molecule has 94 heavy (non-hydrogen) atoms. The zero-order chi connectivity index (χ0) is 68.6. The molecule has 0 saturated carbocycles. The van der Waals surface area contributed by atoms with Gasteiger partial charge in [0.15, 0.2) is 56.6 Å². The second kappa shape index (κ2) is 32.9. The summed E-state index contributed by atoms with van der Waals surface area (Å²) in [5.74, 6) is 0. The average Bonchev–Trinajstić information content (AvgIpc) is 0.781. The molecule has 9 rings (SSSR count). The van der Waals surface area contributed by atoms with E-state index in [1.165, 1.54) is 0 Å². The van der Waals surface area contributed by atoms with Crippen LogP contribution in [-0.2, 0) is 80.5 Å². The highest BCUT2D eigenvalue weighted by atomic mass is 16.8. The van der Waals surface area contributed by atoms with Crippen molar-refractivity contribution in [1.29, 1.82) is 0 Å². The minimum absolute atomic E-state index is 0.516. The molecule has 9 aliphatic heterocycles. The number of hydrogen-bond acceptors (Lipinski definition) is 43. The SMILES string of the molecule is OC[C@@H]1O[C@@H](O[C@H]2[C@H](O[C@H]3[C@@H](OC[C@H]4O[C@@H](O[C@H]5[C@H](O)[C@@H](O)C(O)O[C@@H]5CO)[C@H](O)[C@@H](O)[C@@H]4O[C@@H]4O[C@H](CO[C@H]5OC[C@@H](O)[C@H](O)[C@H]5O)[C@@H](O[C@@H]5O[C@H](CO[C@H]6OC[C@@H](O)[C@H](O)[C@H]6O)[C@@H](O)[C@H](O)[C@H]5O)[C@H](O)[C@H]4O)OC[C@@H](O)[C@@H]3O)O[C@H](CO)[C@H](O)[C@@H]2O)[C@@H](O)[C@H](O)[C@@H]1O. The first-order valence-corrected chi connectivity index (χ1v) is 29.9. The maximum absolute atomic E-state index is 12.0. The van der Waals surface area contributed by atoms with Crippen LogP contribution in [0.5, 0.6) is 0 Å². The van der Waals surface area contributed by atoms with E-state index in [0.29, 0.717) is 0 Å². The lowest BCUT2D eigenvalue weighted by atomic mass is 9.95. The highest BCUT2D eigenvalue weighted by Crippen LogP contribution is 2.38. The number of ether oxygens (including phenoxy) is 17. The smallest absolute Gasteiger partial charge is 0.187 e. The third-order valence-corrected chi connectivity index (χ3v) is 17.5. The van der Waals surface area contributed by atoms with Gasteiger partial charge < -0.3 is 213 Å². The molecule has 0 aromatic carbocycles. The molecule has 0 aromatic rings. The van der Waals surface area contributed by atoms with Gasteiger partial charge in [-0.2, -0.15) is 0 Å². The van der Waals surface area contributed by atoms with Crippen molar-refractivity contribution in [3.05, 3.63) is 0 Å². The van der Waals surface area contributed by atoms with Crippen LogP contribution in [0, 0.1) is 0 Å². The van der Waals surface area contributed by atoms with E-state index in [-0.39, 0.29) is 0 Å². The van der Waals surface area contributed by atoms with E-state index in [2.05, 4.69) is 0 Å². The van der Waals surface area contributed by atoms with Gasteiger partial charge >= 0.3 is 0 Å². The molecule has 0 spiro atoms. The van der Waals surface area contributed by atoms with Crippen LogP contribution in [-0.4, -0.2) is 450 Å². The molecule has 548 valence electrons. The lowest BCUT2D eigenvalue weighted by Crippen LogP contribution is -2.68. The Morgan fingerprint density at radius 3 is 0.968 bits per heavy atom. The first-order valence-electron chi connectivity index (χ1n) is 29.9. The van der Waals surface area contributed by atoms with Crippen molar-refractivity contribution in [2.24, 2.45) is 0 Å². The predicted octanol–water partition coefficient (Wildman–Crippen LogP) is -18.7. The van der Waals surface area contributed by atoms with Gasteiger partial charge in [0.05, 0.1) is 59.5 Å². The Morgan fingerprint density at radius 2 is 0.511 bits per heavy atom. The Bertz CT molecular complexity index is 2290. The molecule has 0 aliphatic carbocycles. The molecule has 43 heteroatoms. The Labute approximate surface area is 530 Å². The van der Waals surface area contributed by atoms with Crippen molar-refractivity contribution in [1.82, 2.24) is 0 Å². The second-order valence-corrected chi connectivity index (χ2v) is 24.0. The molecule has 9 saturated heterocycles. The summed E-state index contributed by atoms with van der Waals surface area (Å²) in [6.07, 6.45) is -84.6. The number of aliphatic hydroxyl groups is 26. The largest absolute Gasteiger partial charge is 0.394 e. The molecule has 26 N–H and O–H groups in total. The van der Waals surface area contributed by atoms with Gasteiger partial charge in [0.2, 0.25) is 0 Å². The van der Waals surface area contributed by atoms with Crippen LogP contribution in [0.4, 0.5) is 0 Å². The molecule has 0 amide bonds. The molecule has 0 aromatic heterocycles. The summed E-state index contributed by atoms with van der Waals surface area (Å²) >= 11 is 0. The molecular formula is C51H86O43. The molecule has 0 radical (unpaired) electrons. The minimum Gasteiger partial charge on any atom is -0.394 e. The molecule has 0 bridgehead atoms. The first kappa shape index (κ1) is 76.5. The normalized spacial score (nSPS) is 53.9. The lowest BCUT2D eigenvalue weighted by molar-refractivity contribution is -0.399. The van der Waals surface area contributed by atoms with Crippen LogP contribution in [0.15, 0.2) is 0 Å². The van der Waals surface area contributed by atoms with E-state index in [9.17, 15) is 133 Å². The van der Waals surface area contributed by atoms with Gasteiger partial charge in [0.25, 0.3) is 0 Å². The van der Waals surface area contributed by atoms with Crippen molar-refractivity contribution < 1.29 is 213 Å². The van der Waals surface area contributed by atoms with Crippen LogP contribution < -0.4 is 0 Å². The quantitative estimate of drug-likeness (QED) is 0.0479. The van der Waals surface area contributed by atoms with E-state index < -0.39 is 318 Å². The maximum atomic E-state index is 12.0. The maximum Gasteiger partial charge on any atom is 0.187 e. The molecule has 9 heterocycles. The van der Waals surface area contributed by atoms with Crippen LogP contribution in [0.2, 0.25) is 0 Å². The summed E-state index contributed by atoms with van der Waals surface area (Å²) in [4.78, 5) is 0. The summed E-state index contributed by atoms with van der Waals surface area (Å²) in [7, 11) is 0. The zero-order valence-electron chi connectivity index (χ0n) is 49.2. The zero-order valence-corrected chi connectivity index (χ0v) is 49.2. The molecule has 42 atom stereocenters. The van der Waals surface area contributed by atoms with Crippen LogP contribution in [0.3, 0.4) is 0 Å². The lowest BCUT2D eigenvalue weighted by Gasteiger charge is -2.49. The molecule has 9 fully saturated rings. The number of aliphatic hydroxyl groups excluding tert-OH is 26. The van der Waals surface area contributed by atoms with Gasteiger partial charge in [0.1, 0.15) is 201 Å². The van der Waals surface area contributed by atoms with Crippen molar-refractivity contribution >= 4 is 0 Å². The molecule has 9 aliphatic rings. The fraction of sp³-hybridized carbons (Fsp3) is 1.00. The van der Waals surface area contributed by atoms with E-state index in [1.54, 1.807) is 0 Å². The summed E-state index contributed by atoms with van der Waals surface area (Å²) in [6.45, 7) is -7.78. The highest BCUT2D eigenvalue weighted by Gasteiger charge is 2.59. The molecular weight excluding hydrogens is 1300 g/mol. The Kier molecular flexibility index (Phi) is 26.8. The topological polar surface area (TPSA) is 683 Å². The van der Waals surface area contributed by atoms with Gasteiger partial charge in [-0.3, -0.25) is 0 Å². The monoisotopic (exact) mass is 1390 g/mol. The van der Waals surface area contributed by atoms with Gasteiger partial charge in [-0.05, 0) is 0 Å². The summed E-state index contributed by atoms with van der Waals surface area (Å²) in [6, 6.07) is 0. The van der Waals surface area contributed by atoms with Gasteiger partial charge in [-0.1, -0.05) is 0 Å². The minimum atomic E-state index is -2.44. The van der Waals surface area contributed by atoms with Crippen LogP contribution >= 0.6 is 0 Å². The first-order chi connectivity index (χ1) is 44.5. The highest BCUT2D eigenvalue weighted by molar-refractivity contribution is 5.01.